The molecule has 3 saturated heterocycles. The number of likely N-dealkylation sites (tertiary alicyclic amines) is 2. The molecule has 0 radical (unpaired) electrons. The summed E-state index contributed by atoms with van der Waals surface area (Å²) in [5.41, 5.74) is 1.44. The molecule has 3 heterocycles. The van der Waals surface area contributed by atoms with E-state index >= 15 is 0 Å². The van der Waals surface area contributed by atoms with Gasteiger partial charge in [0.25, 0.3) is 0 Å². The van der Waals surface area contributed by atoms with E-state index < -0.39 is 0 Å². The first-order valence-corrected chi connectivity index (χ1v) is 10.7. The highest BCUT2D eigenvalue weighted by Gasteiger charge is 2.36. The number of guanidine groups is 1. The van der Waals surface area contributed by atoms with E-state index in [4.69, 9.17) is 4.74 Å². The van der Waals surface area contributed by atoms with Crippen molar-refractivity contribution in [1.82, 2.24) is 15.1 Å². The van der Waals surface area contributed by atoms with E-state index in [1.807, 2.05) is 7.05 Å². The molecule has 0 spiro atoms. The van der Waals surface area contributed by atoms with E-state index in [0.29, 0.717) is 12.1 Å². The lowest BCUT2D eigenvalue weighted by atomic mass is 9.83. The van der Waals surface area contributed by atoms with Gasteiger partial charge in [0.05, 0.1) is 6.10 Å². The number of benzene rings is 1. The summed E-state index contributed by atoms with van der Waals surface area (Å²) < 4.78 is 5.75. The number of aliphatic imine (C=N–C) groups is 1. The summed E-state index contributed by atoms with van der Waals surface area (Å²) in [6, 6.07) is 11.7. The van der Waals surface area contributed by atoms with Crippen molar-refractivity contribution in [3.8, 4) is 0 Å². The van der Waals surface area contributed by atoms with Crippen LogP contribution in [0, 0.1) is 5.92 Å². The molecule has 3 aliphatic rings. The van der Waals surface area contributed by atoms with Gasteiger partial charge in [-0.3, -0.25) is 9.89 Å². The van der Waals surface area contributed by atoms with E-state index in [-0.39, 0.29) is 0 Å². The Morgan fingerprint density at radius 2 is 2.04 bits per heavy atom. The van der Waals surface area contributed by atoms with Crippen LogP contribution in [0.3, 0.4) is 0 Å². The van der Waals surface area contributed by atoms with Gasteiger partial charge >= 0.3 is 0 Å². The summed E-state index contributed by atoms with van der Waals surface area (Å²) in [6.45, 7) is 6.35. The highest BCUT2D eigenvalue weighted by Crippen LogP contribution is 2.31. The average Bonchev–Trinajstić information content (AvgIpc) is 3.23. The van der Waals surface area contributed by atoms with Crippen LogP contribution in [0.25, 0.3) is 0 Å². The summed E-state index contributed by atoms with van der Waals surface area (Å²) in [4.78, 5) is 9.76. The summed E-state index contributed by atoms with van der Waals surface area (Å²) in [5, 5.41) is 3.56. The van der Waals surface area contributed by atoms with Crippen molar-refractivity contribution in [2.45, 2.75) is 50.8 Å². The third kappa shape index (κ3) is 4.64. The van der Waals surface area contributed by atoms with Gasteiger partial charge in [-0.1, -0.05) is 30.3 Å². The largest absolute Gasteiger partial charge is 0.376 e. The molecule has 0 aliphatic carbocycles. The molecule has 3 fully saturated rings. The molecule has 1 aromatic rings. The number of fused-ring (bicyclic) bond motifs is 1. The molecule has 0 aromatic heterocycles. The van der Waals surface area contributed by atoms with Crippen molar-refractivity contribution in [2.24, 2.45) is 10.9 Å². The summed E-state index contributed by atoms with van der Waals surface area (Å²) >= 11 is 0. The number of nitrogens with zero attached hydrogens (tertiary/aromatic N) is 3. The van der Waals surface area contributed by atoms with Crippen molar-refractivity contribution < 1.29 is 4.74 Å². The maximum absolute atomic E-state index is 5.75. The van der Waals surface area contributed by atoms with E-state index in [9.17, 15) is 0 Å². The number of nitrogens with one attached hydrogen (secondary N) is 1. The highest BCUT2D eigenvalue weighted by molar-refractivity contribution is 5.80. The van der Waals surface area contributed by atoms with Crippen LogP contribution in [0.1, 0.15) is 37.7 Å². The number of ether oxygens (including phenoxy) is 1. The van der Waals surface area contributed by atoms with Gasteiger partial charge in [0.15, 0.2) is 5.96 Å². The fourth-order valence-corrected chi connectivity index (χ4v) is 5.06. The van der Waals surface area contributed by atoms with Gasteiger partial charge in [-0.15, -0.1) is 0 Å². The Morgan fingerprint density at radius 3 is 2.81 bits per heavy atom. The van der Waals surface area contributed by atoms with E-state index in [1.54, 1.807) is 0 Å². The van der Waals surface area contributed by atoms with E-state index in [1.165, 1.54) is 44.2 Å². The van der Waals surface area contributed by atoms with Crippen LogP contribution < -0.4 is 5.32 Å². The second-order valence-electron chi connectivity index (χ2n) is 8.22. The third-order valence-electron chi connectivity index (χ3n) is 6.43. The Kier molecular flexibility index (Phi) is 6.30. The molecule has 3 atom stereocenters. The minimum absolute atomic E-state index is 0.357. The van der Waals surface area contributed by atoms with Crippen LogP contribution in [0.15, 0.2) is 35.3 Å². The second-order valence-corrected chi connectivity index (χ2v) is 8.22. The zero-order valence-corrected chi connectivity index (χ0v) is 16.6. The molecule has 3 aliphatic heterocycles. The zero-order chi connectivity index (χ0) is 18.5. The van der Waals surface area contributed by atoms with Gasteiger partial charge in [-0.25, -0.2) is 0 Å². The second kappa shape index (κ2) is 9.07. The predicted molar refractivity (Wildman–Crippen MR) is 110 cm³/mol. The molecule has 3 unspecified atom stereocenters. The van der Waals surface area contributed by atoms with E-state index in [0.717, 1.165) is 44.7 Å². The normalized spacial score (nSPS) is 29.6. The first-order chi connectivity index (χ1) is 13.3. The Hall–Kier alpha value is -1.59. The Morgan fingerprint density at radius 1 is 1.15 bits per heavy atom. The maximum atomic E-state index is 5.75. The van der Waals surface area contributed by atoms with Crippen LogP contribution >= 0.6 is 0 Å². The zero-order valence-electron chi connectivity index (χ0n) is 16.6. The Balaban J connectivity index is 1.33. The molecule has 148 valence electrons. The number of piperidine rings is 2. The third-order valence-corrected chi connectivity index (χ3v) is 6.43. The molecule has 27 heavy (non-hydrogen) atoms. The van der Waals surface area contributed by atoms with Crippen molar-refractivity contribution in [1.29, 1.82) is 0 Å². The lowest BCUT2D eigenvalue weighted by molar-refractivity contribution is 0.0368. The fraction of sp³-hybridized carbons (Fsp3) is 0.682. The SMILES string of the molecule is CN=C(NCC1CCCO1)N1CCC2C(CCCN2Cc2ccccc2)C1. The van der Waals surface area contributed by atoms with Crippen molar-refractivity contribution in [3.63, 3.8) is 0 Å². The molecule has 1 N–H and O–H groups in total. The lowest BCUT2D eigenvalue weighted by Gasteiger charge is -2.48. The molecule has 1 aromatic carbocycles. The van der Waals surface area contributed by atoms with Crippen molar-refractivity contribution in [3.05, 3.63) is 35.9 Å². The summed E-state index contributed by atoms with van der Waals surface area (Å²) in [5.74, 6) is 1.81. The van der Waals surface area contributed by atoms with Gasteiger partial charge in [-0.2, -0.15) is 0 Å². The van der Waals surface area contributed by atoms with Crippen LogP contribution in [-0.4, -0.2) is 67.7 Å². The van der Waals surface area contributed by atoms with Crippen molar-refractivity contribution in [2.75, 3.05) is 39.8 Å². The molecular weight excluding hydrogens is 336 g/mol. The Bertz CT molecular complexity index is 614. The number of rotatable bonds is 4. The van der Waals surface area contributed by atoms with Gasteiger partial charge < -0.3 is 15.0 Å². The first-order valence-electron chi connectivity index (χ1n) is 10.7. The van der Waals surface area contributed by atoms with E-state index in [2.05, 4.69) is 50.4 Å². The molecule has 5 heteroatoms. The fourth-order valence-electron chi connectivity index (χ4n) is 5.06. The number of hydrogen-bond acceptors (Lipinski definition) is 3. The smallest absolute Gasteiger partial charge is 0.193 e. The summed E-state index contributed by atoms with van der Waals surface area (Å²) in [7, 11) is 1.91. The first kappa shape index (κ1) is 18.8. The monoisotopic (exact) mass is 370 g/mol. The van der Waals surface area contributed by atoms with Gasteiger partial charge in [0.2, 0.25) is 0 Å². The van der Waals surface area contributed by atoms with Crippen LogP contribution in [0.5, 0.6) is 0 Å². The van der Waals surface area contributed by atoms with Crippen LogP contribution in [0.4, 0.5) is 0 Å². The molecule has 0 saturated carbocycles. The summed E-state index contributed by atoms with van der Waals surface area (Å²) in [6.07, 6.45) is 6.60. The topological polar surface area (TPSA) is 40.1 Å². The van der Waals surface area contributed by atoms with Gasteiger partial charge in [0.1, 0.15) is 0 Å². The van der Waals surface area contributed by atoms with Crippen molar-refractivity contribution >= 4 is 5.96 Å². The van der Waals surface area contributed by atoms with Gasteiger partial charge in [0, 0.05) is 45.9 Å². The van der Waals surface area contributed by atoms with Gasteiger partial charge in [-0.05, 0) is 50.1 Å². The molecule has 5 nitrogen and oxygen atoms in total. The predicted octanol–water partition coefficient (Wildman–Crippen LogP) is 2.73. The Labute approximate surface area is 163 Å². The molecule has 4 rings (SSSR count). The average molecular weight is 371 g/mol. The molecule has 0 amide bonds. The quantitative estimate of drug-likeness (QED) is 0.654. The number of hydrogen-bond donors (Lipinski definition) is 1. The minimum Gasteiger partial charge on any atom is -0.376 e. The van der Waals surface area contributed by atoms with Crippen LogP contribution in [-0.2, 0) is 11.3 Å². The highest BCUT2D eigenvalue weighted by atomic mass is 16.5. The lowest BCUT2D eigenvalue weighted by Crippen LogP contribution is -2.57. The maximum Gasteiger partial charge on any atom is 0.193 e. The molecular formula is C22H34N4O. The standard InChI is InChI=1S/C22H34N4O/c1-23-22(24-15-20-10-6-14-27-20)26-13-11-21-19(17-26)9-5-12-25(21)16-18-7-3-2-4-8-18/h2-4,7-8,19-21H,5-6,9-17H2,1H3,(H,23,24). The van der Waals surface area contributed by atoms with Crippen LogP contribution in [0.2, 0.25) is 0 Å². The minimum atomic E-state index is 0.357. The molecule has 0 bridgehead atoms.